The molecule has 0 aromatic heterocycles. The van der Waals surface area contributed by atoms with E-state index in [4.69, 9.17) is 0 Å². The van der Waals surface area contributed by atoms with Crippen molar-refractivity contribution in [3.63, 3.8) is 0 Å². The summed E-state index contributed by atoms with van der Waals surface area (Å²) in [5, 5.41) is 0. The van der Waals surface area contributed by atoms with Crippen molar-refractivity contribution < 1.29 is 9.18 Å². The van der Waals surface area contributed by atoms with Crippen LogP contribution in [0.15, 0.2) is 54.6 Å². The lowest BCUT2D eigenvalue weighted by molar-refractivity contribution is 0.103. The van der Waals surface area contributed by atoms with Gasteiger partial charge in [-0.2, -0.15) is 0 Å². The number of carbonyl (C=O) groups is 1. The van der Waals surface area contributed by atoms with Gasteiger partial charge in [-0.3, -0.25) is 4.79 Å². The van der Waals surface area contributed by atoms with E-state index in [9.17, 15) is 9.18 Å². The SMILES string of the molecule is CC(F)c1ccc(C(=O)c2ccccc2)cc1. The van der Waals surface area contributed by atoms with Crippen LogP contribution in [-0.2, 0) is 0 Å². The number of halogens is 1. The lowest BCUT2D eigenvalue weighted by atomic mass is 10.0. The monoisotopic (exact) mass is 228 g/mol. The van der Waals surface area contributed by atoms with Crippen LogP contribution < -0.4 is 0 Å². The number of hydrogen-bond donors (Lipinski definition) is 0. The topological polar surface area (TPSA) is 17.1 Å². The molecule has 0 bridgehead atoms. The van der Waals surface area contributed by atoms with Crippen LogP contribution in [0.2, 0.25) is 0 Å². The number of rotatable bonds is 3. The molecule has 1 atom stereocenters. The van der Waals surface area contributed by atoms with Crippen molar-refractivity contribution in [3.05, 3.63) is 71.3 Å². The van der Waals surface area contributed by atoms with Crippen LogP contribution in [0.4, 0.5) is 4.39 Å². The molecule has 0 N–H and O–H groups in total. The maximum Gasteiger partial charge on any atom is 0.193 e. The minimum Gasteiger partial charge on any atom is -0.289 e. The third-order valence-electron chi connectivity index (χ3n) is 2.67. The molecule has 0 saturated carbocycles. The fourth-order valence-corrected chi connectivity index (χ4v) is 1.66. The van der Waals surface area contributed by atoms with E-state index in [-0.39, 0.29) is 5.78 Å². The first-order valence-electron chi connectivity index (χ1n) is 5.52. The Morgan fingerprint density at radius 3 is 2.00 bits per heavy atom. The summed E-state index contributed by atoms with van der Waals surface area (Å²) < 4.78 is 13.0. The third kappa shape index (κ3) is 2.59. The van der Waals surface area contributed by atoms with Crippen LogP contribution in [0, 0.1) is 0 Å². The summed E-state index contributed by atoms with van der Waals surface area (Å²) in [5.74, 6) is -0.0383. The van der Waals surface area contributed by atoms with Crippen molar-refractivity contribution in [2.45, 2.75) is 13.1 Å². The van der Waals surface area contributed by atoms with Crippen molar-refractivity contribution in [1.29, 1.82) is 0 Å². The summed E-state index contributed by atoms with van der Waals surface area (Å²) in [5.41, 5.74) is 1.82. The molecule has 0 aliphatic carbocycles. The number of alkyl halides is 1. The van der Waals surface area contributed by atoms with Crippen molar-refractivity contribution >= 4 is 5.78 Å². The predicted molar refractivity (Wildman–Crippen MR) is 65.8 cm³/mol. The molecule has 0 heterocycles. The molecule has 1 nitrogen and oxygen atoms in total. The van der Waals surface area contributed by atoms with E-state index >= 15 is 0 Å². The maximum absolute atomic E-state index is 13.0. The Morgan fingerprint density at radius 1 is 0.941 bits per heavy atom. The Morgan fingerprint density at radius 2 is 1.47 bits per heavy atom. The zero-order valence-corrected chi connectivity index (χ0v) is 9.56. The van der Waals surface area contributed by atoms with E-state index in [1.165, 1.54) is 6.92 Å². The van der Waals surface area contributed by atoms with Gasteiger partial charge in [0.05, 0.1) is 0 Å². The van der Waals surface area contributed by atoms with Crippen LogP contribution in [0.1, 0.15) is 34.6 Å². The fraction of sp³-hybridized carbons (Fsp3) is 0.133. The highest BCUT2D eigenvalue weighted by Crippen LogP contribution is 2.18. The van der Waals surface area contributed by atoms with Gasteiger partial charge < -0.3 is 0 Å². The highest BCUT2D eigenvalue weighted by molar-refractivity contribution is 6.08. The summed E-state index contributed by atoms with van der Waals surface area (Å²) in [6.45, 7) is 1.48. The van der Waals surface area contributed by atoms with Gasteiger partial charge in [0, 0.05) is 11.1 Å². The van der Waals surface area contributed by atoms with Crippen LogP contribution in [0.5, 0.6) is 0 Å². The van der Waals surface area contributed by atoms with Crippen molar-refractivity contribution in [2.24, 2.45) is 0 Å². The Hall–Kier alpha value is -1.96. The quantitative estimate of drug-likeness (QED) is 0.727. The normalized spacial score (nSPS) is 12.1. The fourth-order valence-electron chi connectivity index (χ4n) is 1.66. The van der Waals surface area contributed by atoms with E-state index in [0.717, 1.165) is 0 Å². The second-order valence-electron chi connectivity index (χ2n) is 3.93. The standard InChI is InChI=1S/C15H13FO/c1-11(16)12-7-9-14(10-8-12)15(17)13-5-3-2-4-6-13/h2-11H,1H3. The molecule has 2 heteroatoms. The first kappa shape index (κ1) is 11.5. The Labute approximate surface area is 99.9 Å². The minimum absolute atomic E-state index is 0.0383. The molecule has 2 aromatic carbocycles. The lowest BCUT2D eigenvalue weighted by Crippen LogP contribution is -2.01. The first-order chi connectivity index (χ1) is 8.18. The molecule has 17 heavy (non-hydrogen) atoms. The van der Waals surface area contributed by atoms with Gasteiger partial charge in [0.1, 0.15) is 6.17 Å². The van der Waals surface area contributed by atoms with Gasteiger partial charge in [-0.1, -0.05) is 54.6 Å². The molecular weight excluding hydrogens is 215 g/mol. The largest absolute Gasteiger partial charge is 0.289 e. The molecular formula is C15H13FO. The zero-order chi connectivity index (χ0) is 12.3. The molecule has 0 fully saturated rings. The molecule has 0 amide bonds. The molecule has 0 radical (unpaired) electrons. The Kier molecular flexibility index (Phi) is 3.33. The predicted octanol–water partition coefficient (Wildman–Crippen LogP) is 3.95. The number of ketones is 1. The van der Waals surface area contributed by atoms with Gasteiger partial charge in [0.25, 0.3) is 0 Å². The third-order valence-corrected chi connectivity index (χ3v) is 2.67. The van der Waals surface area contributed by atoms with Crippen molar-refractivity contribution in [2.75, 3.05) is 0 Å². The highest BCUT2D eigenvalue weighted by Gasteiger charge is 2.09. The van der Waals surface area contributed by atoms with Gasteiger partial charge in [0.2, 0.25) is 0 Å². The summed E-state index contributed by atoms with van der Waals surface area (Å²) in [4.78, 5) is 12.0. The lowest BCUT2D eigenvalue weighted by Gasteiger charge is -2.04. The van der Waals surface area contributed by atoms with E-state index in [1.54, 1.807) is 36.4 Å². The zero-order valence-electron chi connectivity index (χ0n) is 9.56. The molecule has 0 saturated heterocycles. The Bertz CT molecular complexity index is 500. The molecule has 0 spiro atoms. The highest BCUT2D eigenvalue weighted by atomic mass is 19.1. The van der Waals surface area contributed by atoms with Crippen LogP contribution in [0.25, 0.3) is 0 Å². The van der Waals surface area contributed by atoms with E-state index in [2.05, 4.69) is 0 Å². The summed E-state index contributed by atoms with van der Waals surface area (Å²) in [7, 11) is 0. The average molecular weight is 228 g/mol. The van der Waals surface area contributed by atoms with Crippen LogP contribution >= 0.6 is 0 Å². The smallest absolute Gasteiger partial charge is 0.193 e. The van der Waals surface area contributed by atoms with E-state index in [1.807, 2.05) is 18.2 Å². The van der Waals surface area contributed by atoms with Gasteiger partial charge in [0.15, 0.2) is 5.78 Å². The summed E-state index contributed by atoms with van der Waals surface area (Å²) in [6.07, 6.45) is -1.00. The minimum atomic E-state index is -1.00. The molecule has 86 valence electrons. The van der Waals surface area contributed by atoms with Gasteiger partial charge in [-0.25, -0.2) is 4.39 Å². The summed E-state index contributed by atoms with van der Waals surface area (Å²) >= 11 is 0. The summed E-state index contributed by atoms with van der Waals surface area (Å²) in [6, 6.07) is 15.7. The second-order valence-corrected chi connectivity index (χ2v) is 3.93. The van der Waals surface area contributed by atoms with E-state index < -0.39 is 6.17 Å². The molecule has 2 aromatic rings. The van der Waals surface area contributed by atoms with Gasteiger partial charge in [-0.05, 0) is 12.5 Å². The number of carbonyl (C=O) groups excluding carboxylic acids is 1. The molecule has 2 rings (SSSR count). The molecule has 0 aliphatic rings. The average Bonchev–Trinajstić information content (AvgIpc) is 2.39. The number of benzene rings is 2. The van der Waals surface area contributed by atoms with E-state index in [0.29, 0.717) is 16.7 Å². The molecule has 0 aliphatic heterocycles. The van der Waals surface area contributed by atoms with Crippen LogP contribution in [-0.4, -0.2) is 5.78 Å². The van der Waals surface area contributed by atoms with Gasteiger partial charge >= 0.3 is 0 Å². The van der Waals surface area contributed by atoms with Crippen LogP contribution in [0.3, 0.4) is 0 Å². The first-order valence-corrected chi connectivity index (χ1v) is 5.52. The maximum atomic E-state index is 13.0. The van der Waals surface area contributed by atoms with Crippen molar-refractivity contribution in [3.8, 4) is 0 Å². The number of hydrogen-bond acceptors (Lipinski definition) is 1. The molecule has 1 unspecified atom stereocenters. The second kappa shape index (κ2) is 4.91. The van der Waals surface area contributed by atoms with Crippen molar-refractivity contribution in [1.82, 2.24) is 0 Å². The van der Waals surface area contributed by atoms with Gasteiger partial charge in [-0.15, -0.1) is 0 Å². The Balaban J connectivity index is 2.27.